The van der Waals surface area contributed by atoms with Gasteiger partial charge < -0.3 is 5.11 Å². The Morgan fingerprint density at radius 2 is 2.44 bits per heavy atom. The first-order valence-corrected chi connectivity index (χ1v) is 3.58. The molecule has 1 heteroatoms. The summed E-state index contributed by atoms with van der Waals surface area (Å²) in [4.78, 5) is 0. The summed E-state index contributed by atoms with van der Waals surface area (Å²) in [5.74, 6) is 0.685. The van der Waals surface area contributed by atoms with E-state index in [0.717, 1.165) is 6.42 Å². The molecule has 2 bridgehead atoms. The molecule has 0 aromatic carbocycles. The molecular formula is C8H12O. The van der Waals surface area contributed by atoms with Gasteiger partial charge in [0.25, 0.3) is 0 Å². The third kappa shape index (κ3) is 0.584. The summed E-state index contributed by atoms with van der Waals surface area (Å²) in [6.07, 6.45) is 6.52. The molecular weight excluding hydrogens is 112 g/mol. The molecule has 2 aliphatic rings. The van der Waals surface area contributed by atoms with Crippen LogP contribution in [0.5, 0.6) is 0 Å². The van der Waals surface area contributed by atoms with Crippen molar-refractivity contribution in [2.75, 3.05) is 0 Å². The van der Waals surface area contributed by atoms with Crippen molar-refractivity contribution in [3.63, 3.8) is 0 Å². The number of allylic oxidation sites excluding steroid dienone is 1. The van der Waals surface area contributed by atoms with Crippen LogP contribution in [0.3, 0.4) is 0 Å². The summed E-state index contributed by atoms with van der Waals surface area (Å²) >= 11 is 0. The number of hydrogen-bond acceptors (Lipinski definition) is 1. The van der Waals surface area contributed by atoms with E-state index in [2.05, 4.69) is 19.1 Å². The molecule has 0 amide bonds. The second-order valence-corrected chi connectivity index (χ2v) is 3.58. The van der Waals surface area contributed by atoms with E-state index in [9.17, 15) is 5.11 Å². The molecule has 9 heavy (non-hydrogen) atoms. The fraction of sp³-hybridized carbons (Fsp3) is 0.750. The highest BCUT2D eigenvalue weighted by atomic mass is 16.3. The molecule has 2 rings (SSSR count). The van der Waals surface area contributed by atoms with Gasteiger partial charge in [0.15, 0.2) is 0 Å². The van der Waals surface area contributed by atoms with E-state index in [1.165, 1.54) is 6.42 Å². The largest absolute Gasteiger partial charge is 0.392 e. The van der Waals surface area contributed by atoms with E-state index in [-0.39, 0.29) is 11.5 Å². The fourth-order valence-electron chi connectivity index (χ4n) is 2.02. The van der Waals surface area contributed by atoms with Gasteiger partial charge in [0, 0.05) is 5.41 Å². The topological polar surface area (TPSA) is 20.2 Å². The maximum absolute atomic E-state index is 9.43. The van der Waals surface area contributed by atoms with Gasteiger partial charge in [-0.25, -0.2) is 0 Å². The van der Waals surface area contributed by atoms with Crippen LogP contribution in [0, 0.1) is 11.3 Å². The van der Waals surface area contributed by atoms with Crippen LogP contribution < -0.4 is 0 Å². The lowest BCUT2D eigenvalue weighted by atomic mass is 9.88. The zero-order chi connectivity index (χ0) is 6.48. The molecule has 0 radical (unpaired) electrons. The normalized spacial score (nSPS) is 54.9. The van der Waals surface area contributed by atoms with Crippen LogP contribution in [0.4, 0.5) is 0 Å². The van der Waals surface area contributed by atoms with Gasteiger partial charge in [-0.1, -0.05) is 19.1 Å². The van der Waals surface area contributed by atoms with E-state index in [4.69, 9.17) is 0 Å². The second kappa shape index (κ2) is 1.40. The number of fused-ring (bicyclic) bond motifs is 2. The predicted molar refractivity (Wildman–Crippen MR) is 36.0 cm³/mol. The van der Waals surface area contributed by atoms with Gasteiger partial charge in [0.2, 0.25) is 0 Å². The van der Waals surface area contributed by atoms with Crippen LogP contribution >= 0.6 is 0 Å². The van der Waals surface area contributed by atoms with Crippen LogP contribution in [-0.2, 0) is 0 Å². The van der Waals surface area contributed by atoms with Crippen molar-refractivity contribution in [2.45, 2.75) is 25.9 Å². The smallest absolute Gasteiger partial charge is 0.0634 e. The predicted octanol–water partition coefficient (Wildman–Crippen LogP) is 1.33. The summed E-state index contributed by atoms with van der Waals surface area (Å²) in [5.41, 5.74) is 0.144. The summed E-state index contributed by atoms with van der Waals surface area (Å²) in [6, 6.07) is 0. The standard InChI is InChI=1S/C8H12O/c1-8-3-2-6(5-8)4-7(8)9/h2-3,6-7,9H,4-5H2,1H3. The lowest BCUT2D eigenvalue weighted by molar-refractivity contribution is 0.0965. The maximum Gasteiger partial charge on any atom is 0.0634 e. The molecule has 3 atom stereocenters. The fourth-order valence-corrected chi connectivity index (χ4v) is 2.02. The zero-order valence-corrected chi connectivity index (χ0v) is 5.67. The number of aliphatic hydroxyl groups is 1. The first-order valence-electron chi connectivity index (χ1n) is 3.58. The summed E-state index contributed by atoms with van der Waals surface area (Å²) < 4.78 is 0. The minimum Gasteiger partial charge on any atom is -0.392 e. The van der Waals surface area contributed by atoms with Crippen molar-refractivity contribution in [2.24, 2.45) is 11.3 Å². The molecule has 3 unspecified atom stereocenters. The van der Waals surface area contributed by atoms with E-state index < -0.39 is 0 Å². The van der Waals surface area contributed by atoms with Crippen LogP contribution in [0.1, 0.15) is 19.8 Å². The summed E-state index contributed by atoms with van der Waals surface area (Å²) in [6.45, 7) is 2.14. The lowest BCUT2D eigenvalue weighted by Gasteiger charge is -2.22. The van der Waals surface area contributed by atoms with E-state index in [1.54, 1.807) is 0 Å². The minimum atomic E-state index is -0.0625. The highest BCUT2D eigenvalue weighted by molar-refractivity contribution is 5.17. The minimum absolute atomic E-state index is 0.0625. The van der Waals surface area contributed by atoms with Gasteiger partial charge in [-0.3, -0.25) is 0 Å². The number of aliphatic hydroxyl groups excluding tert-OH is 1. The molecule has 0 saturated heterocycles. The first-order chi connectivity index (χ1) is 4.21. The van der Waals surface area contributed by atoms with Crippen molar-refractivity contribution in [3.8, 4) is 0 Å². The van der Waals surface area contributed by atoms with Crippen molar-refractivity contribution in [1.29, 1.82) is 0 Å². The first kappa shape index (κ1) is 5.48. The zero-order valence-electron chi connectivity index (χ0n) is 5.67. The molecule has 0 heterocycles. The molecule has 50 valence electrons. The van der Waals surface area contributed by atoms with E-state index >= 15 is 0 Å². The molecule has 0 aromatic rings. The Hall–Kier alpha value is -0.300. The van der Waals surface area contributed by atoms with Crippen molar-refractivity contribution < 1.29 is 5.11 Å². The third-order valence-electron chi connectivity index (χ3n) is 2.74. The van der Waals surface area contributed by atoms with Gasteiger partial charge in [-0.15, -0.1) is 0 Å². The second-order valence-electron chi connectivity index (χ2n) is 3.58. The molecule has 1 N–H and O–H groups in total. The Kier molecular flexibility index (Phi) is 0.854. The Labute approximate surface area is 55.4 Å². The highest BCUT2D eigenvalue weighted by Crippen LogP contribution is 2.48. The summed E-state index contributed by atoms with van der Waals surface area (Å²) in [7, 11) is 0. The number of hydrogen-bond donors (Lipinski definition) is 1. The Balaban J connectivity index is 2.33. The van der Waals surface area contributed by atoms with Gasteiger partial charge in [-0.05, 0) is 18.8 Å². The third-order valence-corrected chi connectivity index (χ3v) is 2.74. The van der Waals surface area contributed by atoms with Crippen LogP contribution in [0.25, 0.3) is 0 Å². The molecule has 1 fully saturated rings. The van der Waals surface area contributed by atoms with Crippen LogP contribution in [0.2, 0.25) is 0 Å². The average molecular weight is 124 g/mol. The highest BCUT2D eigenvalue weighted by Gasteiger charge is 2.44. The average Bonchev–Trinajstić information content (AvgIpc) is 2.22. The Morgan fingerprint density at radius 1 is 1.67 bits per heavy atom. The SMILES string of the molecule is CC12C=CC(CC1O)C2. The Bertz CT molecular complexity index is 162. The van der Waals surface area contributed by atoms with Crippen molar-refractivity contribution in [3.05, 3.63) is 12.2 Å². The van der Waals surface area contributed by atoms with Crippen molar-refractivity contribution in [1.82, 2.24) is 0 Å². The van der Waals surface area contributed by atoms with Gasteiger partial charge in [0.1, 0.15) is 0 Å². The molecule has 1 saturated carbocycles. The molecule has 2 aliphatic carbocycles. The molecule has 0 aromatic heterocycles. The Morgan fingerprint density at radius 3 is 2.67 bits per heavy atom. The quantitative estimate of drug-likeness (QED) is 0.483. The maximum atomic E-state index is 9.43. The van der Waals surface area contributed by atoms with Crippen LogP contribution in [-0.4, -0.2) is 11.2 Å². The monoisotopic (exact) mass is 124 g/mol. The van der Waals surface area contributed by atoms with Gasteiger partial charge in [0.05, 0.1) is 6.10 Å². The van der Waals surface area contributed by atoms with E-state index in [0.29, 0.717) is 5.92 Å². The summed E-state index contributed by atoms with van der Waals surface area (Å²) in [5, 5.41) is 9.43. The van der Waals surface area contributed by atoms with Gasteiger partial charge in [-0.2, -0.15) is 0 Å². The lowest BCUT2D eigenvalue weighted by Crippen LogP contribution is -2.23. The van der Waals surface area contributed by atoms with Gasteiger partial charge >= 0.3 is 0 Å². The molecule has 0 spiro atoms. The number of rotatable bonds is 0. The van der Waals surface area contributed by atoms with E-state index in [1.807, 2.05) is 0 Å². The van der Waals surface area contributed by atoms with Crippen LogP contribution in [0.15, 0.2) is 12.2 Å². The molecule has 1 nitrogen and oxygen atoms in total. The molecule has 0 aliphatic heterocycles. The van der Waals surface area contributed by atoms with Crippen molar-refractivity contribution >= 4 is 0 Å².